The minimum Gasteiger partial charge on any atom is -0.478 e. The normalized spacial score (nSPS) is 10.6. The largest absolute Gasteiger partial charge is 0.478 e. The summed E-state index contributed by atoms with van der Waals surface area (Å²) in [4.78, 5) is 34.1. The van der Waals surface area contributed by atoms with Crippen LogP contribution in [0.2, 0.25) is 0 Å². The van der Waals surface area contributed by atoms with Gasteiger partial charge in [0.05, 0.1) is 23.3 Å². The number of rotatable bonds is 9. The van der Waals surface area contributed by atoms with Gasteiger partial charge < -0.3 is 14.9 Å². The van der Waals surface area contributed by atoms with E-state index in [0.29, 0.717) is 12.3 Å². The summed E-state index contributed by atoms with van der Waals surface area (Å²) in [6, 6.07) is 3.28. The zero-order valence-corrected chi connectivity index (χ0v) is 13.4. The first-order valence-corrected chi connectivity index (χ1v) is 7.60. The van der Waals surface area contributed by atoms with Crippen molar-refractivity contribution < 1.29 is 29.3 Å². The molecule has 126 valence electrons. The van der Waals surface area contributed by atoms with Gasteiger partial charge in [0.15, 0.2) is 0 Å². The Kier molecular flexibility index (Phi) is 7.25. The molecule has 0 radical (unpaired) electrons. The summed E-state index contributed by atoms with van der Waals surface area (Å²) in [5.74, 6) is -2.71. The molecule has 0 atom stereocenters. The highest BCUT2D eigenvalue weighted by molar-refractivity contribution is 6.04. The van der Waals surface area contributed by atoms with E-state index >= 15 is 0 Å². The Bertz CT molecular complexity index is 576. The van der Waals surface area contributed by atoms with Crippen LogP contribution in [0.15, 0.2) is 18.2 Å². The molecule has 1 aromatic carbocycles. The van der Waals surface area contributed by atoms with Crippen molar-refractivity contribution in [1.29, 1.82) is 0 Å². The number of carboxylic acids is 2. The summed E-state index contributed by atoms with van der Waals surface area (Å²) >= 11 is 0. The van der Waals surface area contributed by atoms with Crippen LogP contribution in [0, 0.1) is 5.92 Å². The minimum atomic E-state index is -1.30. The zero-order chi connectivity index (χ0) is 17.4. The van der Waals surface area contributed by atoms with Gasteiger partial charge in [0.25, 0.3) is 0 Å². The van der Waals surface area contributed by atoms with E-state index < -0.39 is 17.9 Å². The molecule has 1 rings (SSSR count). The Morgan fingerprint density at radius 2 is 1.70 bits per heavy atom. The van der Waals surface area contributed by atoms with Crippen molar-refractivity contribution in [2.75, 3.05) is 6.61 Å². The maximum absolute atomic E-state index is 12.0. The Balaban J connectivity index is 2.65. The number of aromatic carboxylic acids is 2. The fraction of sp³-hybridized carbons (Fsp3) is 0.471. The third kappa shape index (κ3) is 6.10. The number of hydrogen-bond donors (Lipinski definition) is 2. The molecule has 0 aliphatic carbocycles. The van der Waals surface area contributed by atoms with Crippen molar-refractivity contribution in [3.8, 4) is 0 Å². The van der Waals surface area contributed by atoms with Gasteiger partial charge in [-0.3, -0.25) is 0 Å². The van der Waals surface area contributed by atoms with Crippen LogP contribution in [-0.4, -0.2) is 34.7 Å². The fourth-order valence-electron chi connectivity index (χ4n) is 2.11. The Labute approximate surface area is 135 Å². The maximum Gasteiger partial charge on any atom is 0.339 e. The molecule has 0 unspecified atom stereocenters. The number of esters is 1. The quantitative estimate of drug-likeness (QED) is 0.533. The topological polar surface area (TPSA) is 101 Å². The predicted octanol–water partition coefficient (Wildman–Crippen LogP) is 3.46. The molecule has 23 heavy (non-hydrogen) atoms. The molecular formula is C17H22O6. The molecule has 6 heteroatoms. The van der Waals surface area contributed by atoms with Crippen molar-refractivity contribution in [1.82, 2.24) is 0 Å². The molecule has 6 nitrogen and oxygen atoms in total. The molecule has 2 N–H and O–H groups in total. The average Bonchev–Trinajstić information content (AvgIpc) is 2.49. The van der Waals surface area contributed by atoms with Crippen LogP contribution in [-0.2, 0) is 4.74 Å². The molecule has 0 amide bonds. The molecule has 0 aliphatic rings. The lowest BCUT2D eigenvalue weighted by Crippen LogP contribution is -2.14. The van der Waals surface area contributed by atoms with Crippen molar-refractivity contribution in [2.45, 2.75) is 39.5 Å². The summed E-state index contributed by atoms with van der Waals surface area (Å²) in [7, 11) is 0. The molecule has 0 fully saturated rings. The highest BCUT2D eigenvalue weighted by atomic mass is 16.5. The fourth-order valence-corrected chi connectivity index (χ4v) is 2.11. The summed E-state index contributed by atoms with van der Waals surface area (Å²) in [6.45, 7) is 4.47. The standard InChI is InChI=1S/C17H22O6/c1-11(2)6-4-3-5-9-23-17(22)14-10-12(15(18)19)7-8-13(14)16(20)21/h7-8,10-11H,3-6,9H2,1-2H3,(H,18,19)(H,20,21). The van der Waals surface area contributed by atoms with Crippen molar-refractivity contribution in [3.63, 3.8) is 0 Å². The lowest BCUT2D eigenvalue weighted by atomic mass is 10.0. The number of unbranched alkanes of at least 4 members (excludes halogenated alkanes) is 2. The van der Waals surface area contributed by atoms with E-state index in [1.165, 1.54) is 0 Å². The Morgan fingerprint density at radius 3 is 2.26 bits per heavy atom. The lowest BCUT2D eigenvalue weighted by Gasteiger charge is -2.09. The first-order chi connectivity index (χ1) is 10.8. The first kappa shape index (κ1) is 18.7. The molecule has 0 bridgehead atoms. The van der Waals surface area contributed by atoms with E-state index in [1.54, 1.807) is 0 Å². The summed E-state index contributed by atoms with van der Waals surface area (Å²) in [5.41, 5.74) is -0.654. The number of carbonyl (C=O) groups is 3. The second-order valence-corrected chi connectivity index (χ2v) is 5.75. The van der Waals surface area contributed by atoms with Gasteiger partial charge >= 0.3 is 17.9 Å². The van der Waals surface area contributed by atoms with Gasteiger partial charge in [-0.15, -0.1) is 0 Å². The van der Waals surface area contributed by atoms with Crippen molar-refractivity contribution in [3.05, 3.63) is 34.9 Å². The molecule has 0 spiro atoms. The van der Waals surface area contributed by atoms with E-state index in [-0.39, 0.29) is 23.3 Å². The van der Waals surface area contributed by atoms with E-state index in [1.807, 2.05) is 0 Å². The number of hydrogen-bond acceptors (Lipinski definition) is 4. The van der Waals surface area contributed by atoms with Crippen LogP contribution in [0.5, 0.6) is 0 Å². The first-order valence-electron chi connectivity index (χ1n) is 7.60. The van der Waals surface area contributed by atoms with Crippen LogP contribution in [0.4, 0.5) is 0 Å². The predicted molar refractivity (Wildman–Crippen MR) is 83.9 cm³/mol. The molecule has 0 aliphatic heterocycles. The molecule has 0 aromatic heterocycles. The van der Waals surface area contributed by atoms with E-state index in [9.17, 15) is 14.4 Å². The number of benzene rings is 1. The van der Waals surface area contributed by atoms with Crippen LogP contribution >= 0.6 is 0 Å². The summed E-state index contributed by atoms with van der Waals surface area (Å²) in [5, 5.41) is 18.0. The smallest absolute Gasteiger partial charge is 0.339 e. The van der Waals surface area contributed by atoms with Crippen molar-refractivity contribution >= 4 is 17.9 Å². The Hall–Kier alpha value is -2.37. The molecule has 0 saturated carbocycles. The molecule has 0 heterocycles. The van der Waals surface area contributed by atoms with Crippen LogP contribution in [0.25, 0.3) is 0 Å². The maximum atomic E-state index is 12.0. The minimum absolute atomic E-state index is 0.154. The lowest BCUT2D eigenvalue weighted by molar-refractivity contribution is 0.0487. The summed E-state index contributed by atoms with van der Waals surface area (Å²) < 4.78 is 5.07. The van der Waals surface area contributed by atoms with Gasteiger partial charge in [0, 0.05) is 0 Å². The average molecular weight is 322 g/mol. The number of carboxylic acid groups (broad SMARTS) is 2. The molecule has 1 aromatic rings. The zero-order valence-electron chi connectivity index (χ0n) is 13.4. The van der Waals surface area contributed by atoms with Gasteiger partial charge in [-0.2, -0.15) is 0 Å². The van der Waals surface area contributed by atoms with Crippen LogP contribution in [0.3, 0.4) is 0 Å². The van der Waals surface area contributed by atoms with E-state index in [0.717, 1.165) is 37.5 Å². The second-order valence-electron chi connectivity index (χ2n) is 5.75. The van der Waals surface area contributed by atoms with E-state index in [2.05, 4.69) is 13.8 Å². The second kappa shape index (κ2) is 8.92. The van der Waals surface area contributed by atoms with Gasteiger partial charge in [0.1, 0.15) is 0 Å². The number of carbonyl (C=O) groups excluding carboxylic acids is 1. The van der Waals surface area contributed by atoms with Gasteiger partial charge in [-0.05, 0) is 30.5 Å². The Morgan fingerprint density at radius 1 is 1.00 bits per heavy atom. The van der Waals surface area contributed by atoms with Crippen LogP contribution in [0.1, 0.15) is 70.6 Å². The highest BCUT2D eigenvalue weighted by Crippen LogP contribution is 2.15. The van der Waals surface area contributed by atoms with Crippen LogP contribution < -0.4 is 0 Å². The third-order valence-corrected chi connectivity index (χ3v) is 3.38. The SMILES string of the molecule is CC(C)CCCCCOC(=O)c1cc(C(=O)O)ccc1C(=O)O. The van der Waals surface area contributed by atoms with E-state index in [4.69, 9.17) is 14.9 Å². The van der Waals surface area contributed by atoms with Crippen molar-refractivity contribution in [2.24, 2.45) is 5.92 Å². The summed E-state index contributed by atoms with van der Waals surface area (Å²) in [6.07, 6.45) is 3.77. The number of ether oxygens (including phenoxy) is 1. The molecular weight excluding hydrogens is 300 g/mol. The van der Waals surface area contributed by atoms with Gasteiger partial charge in [0.2, 0.25) is 0 Å². The molecule has 0 saturated heterocycles. The highest BCUT2D eigenvalue weighted by Gasteiger charge is 2.20. The third-order valence-electron chi connectivity index (χ3n) is 3.38. The van der Waals surface area contributed by atoms with Gasteiger partial charge in [-0.1, -0.05) is 33.1 Å². The van der Waals surface area contributed by atoms with Gasteiger partial charge in [-0.25, -0.2) is 14.4 Å². The monoisotopic (exact) mass is 322 g/mol.